The topological polar surface area (TPSA) is 12.0 Å². The van der Waals surface area contributed by atoms with Gasteiger partial charge in [-0.3, -0.25) is 0 Å². The van der Waals surface area contributed by atoms with E-state index < -0.39 is 0 Å². The van der Waals surface area contributed by atoms with Crippen molar-refractivity contribution in [3.8, 4) is 0 Å². The molecule has 12 heavy (non-hydrogen) atoms. The Bertz CT molecular complexity index is 123. The first-order valence-corrected chi connectivity index (χ1v) is 5.11. The summed E-state index contributed by atoms with van der Waals surface area (Å²) in [7, 11) is 0. The van der Waals surface area contributed by atoms with E-state index in [4.69, 9.17) is 0 Å². The summed E-state index contributed by atoms with van der Waals surface area (Å²) < 4.78 is 0. The van der Waals surface area contributed by atoms with Crippen molar-refractivity contribution in [1.29, 1.82) is 0 Å². The van der Waals surface area contributed by atoms with E-state index in [1.165, 1.54) is 32.2 Å². The smallest absolute Gasteiger partial charge is 0.0102 e. The normalized spacial score (nSPS) is 24.9. The van der Waals surface area contributed by atoms with E-state index in [1.54, 1.807) is 0 Å². The summed E-state index contributed by atoms with van der Waals surface area (Å²) in [6.07, 6.45) is 12.0. The van der Waals surface area contributed by atoms with Crippen molar-refractivity contribution < 1.29 is 0 Å². The molecule has 1 nitrogen and oxygen atoms in total. The second-order valence-electron chi connectivity index (χ2n) is 3.50. The van der Waals surface area contributed by atoms with Crippen LogP contribution in [0.1, 0.15) is 38.5 Å². The van der Waals surface area contributed by atoms with Gasteiger partial charge in [0.25, 0.3) is 0 Å². The summed E-state index contributed by atoms with van der Waals surface area (Å²) in [5.74, 6) is 0. The fourth-order valence-electron chi connectivity index (χ4n) is 1.62. The van der Waals surface area contributed by atoms with Crippen LogP contribution in [0.2, 0.25) is 0 Å². The molecule has 0 aromatic rings. The Labute approximate surface area is 76.2 Å². The van der Waals surface area contributed by atoms with Gasteiger partial charge in [-0.05, 0) is 38.6 Å². The molecule has 1 aliphatic heterocycles. The summed E-state index contributed by atoms with van der Waals surface area (Å²) in [6.45, 7) is 5.02. The molecule has 0 aromatic heterocycles. The van der Waals surface area contributed by atoms with Crippen molar-refractivity contribution in [1.82, 2.24) is 5.32 Å². The molecule has 1 atom stereocenters. The van der Waals surface area contributed by atoms with Crippen LogP contribution in [0.4, 0.5) is 0 Å². The summed E-state index contributed by atoms with van der Waals surface area (Å²) in [5, 5.41) is 3.53. The number of rotatable bonds is 4. The third-order valence-corrected chi connectivity index (χ3v) is 2.37. The molecule has 69 valence electrons. The van der Waals surface area contributed by atoms with E-state index in [-0.39, 0.29) is 0 Å². The minimum atomic E-state index is 0.750. The minimum Gasteiger partial charge on any atom is -0.314 e. The molecule has 1 radical (unpaired) electrons. The Balaban J connectivity index is 2.04. The zero-order valence-corrected chi connectivity index (χ0v) is 7.89. The molecule has 1 saturated heterocycles. The lowest BCUT2D eigenvalue weighted by Crippen LogP contribution is -2.33. The van der Waals surface area contributed by atoms with Crippen LogP contribution < -0.4 is 5.32 Å². The van der Waals surface area contributed by atoms with Gasteiger partial charge in [-0.2, -0.15) is 0 Å². The largest absolute Gasteiger partial charge is 0.314 e. The number of piperidine rings is 1. The van der Waals surface area contributed by atoms with E-state index in [2.05, 4.69) is 24.4 Å². The van der Waals surface area contributed by atoms with Gasteiger partial charge in [0.15, 0.2) is 0 Å². The highest BCUT2D eigenvalue weighted by Gasteiger charge is 2.09. The molecule has 1 N–H and O–H groups in total. The van der Waals surface area contributed by atoms with Gasteiger partial charge >= 0.3 is 0 Å². The highest BCUT2D eigenvalue weighted by atomic mass is 14.9. The van der Waals surface area contributed by atoms with E-state index in [1.807, 2.05) is 0 Å². The average Bonchev–Trinajstić information content (AvgIpc) is 2.14. The third-order valence-electron chi connectivity index (χ3n) is 2.37. The number of hydrogen-bond acceptors (Lipinski definition) is 1. The Morgan fingerprint density at radius 2 is 2.25 bits per heavy atom. The van der Waals surface area contributed by atoms with Crippen molar-refractivity contribution in [2.24, 2.45) is 0 Å². The fraction of sp³-hybridized carbons (Fsp3) is 0.727. The van der Waals surface area contributed by atoms with Crippen LogP contribution in [0.5, 0.6) is 0 Å². The first-order chi connectivity index (χ1) is 5.93. The van der Waals surface area contributed by atoms with Gasteiger partial charge in [-0.25, -0.2) is 0 Å². The summed E-state index contributed by atoms with van der Waals surface area (Å²) in [4.78, 5) is 0. The molecule has 0 bridgehead atoms. The number of nitrogens with one attached hydrogen (secondary N) is 1. The molecule has 0 saturated carbocycles. The van der Waals surface area contributed by atoms with Gasteiger partial charge in [0.05, 0.1) is 0 Å². The van der Waals surface area contributed by atoms with E-state index >= 15 is 0 Å². The molecule has 1 rings (SSSR count). The molecule has 1 heterocycles. The summed E-state index contributed by atoms with van der Waals surface area (Å²) >= 11 is 0. The molecule has 1 unspecified atom stereocenters. The van der Waals surface area contributed by atoms with Gasteiger partial charge in [-0.1, -0.05) is 25.5 Å². The predicted molar refractivity (Wildman–Crippen MR) is 54.0 cm³/mol. The molecular weight excluding hydrogens is 146 g/mol. The van der Waals surface area contributed by atoms with Crippen LogP contribution in [0.3, 0.4) is 0 Å². The van der Waals surface area contributed by atoms with Gasteiger partial charge in [0.1, 0.15) is 0 Å². The van der Waals surface area contributed by atoms with Gasteiger partial charge in [0.2, 0.25) is 0 Å². The second kappa shape index (κ2) is 6.24. The maximum atomic E-state index is 3.80. The first kappa shape index (κ1) is 9.79. The fourth-order valence-corrected chi connectivity index (χ4v) is 1.62. The zero-order valence-electron chi connectivity index (χ0n) is 7.89. The van der Waals surface area contributed by atoms with Crippen molar-refractivity contribution >= 4 is 0 Å². The highest BCUT2D eigenvalue weighted by Crippen LogP contribution is 2.10. The number of allylic oxidation sites excluding steroid dienone is 1. The Kier molecular flexibility index (Phi) is 5.09. The van der Waals surface area contributed by atoms with Gasteiger partial charge in [-0.15, -0.1) is 0 Å². The van der Waals surface area contributed by atoms with Gasteiger partial charge in [0, 0.05) is 6.04 Å². The monoisotopic (exact) mass is 166 g/mol. The quantitative estimate of drug-likeness (QED) is 0.633. The summed E-state index contributed by atoms with van der Waals surface area (Å²) in [5.41, 5.74) is 0. The van der Waals surface area contributed by atoms with Crippen LogP contribution in [0.25, 0.3) is 0 Å². The number of hydrogen-bond donors (Lipinski definition) is 1. The third kappa shape index (κ3) is 3.91. The Morgan fingerprint density at radius 3 is 2.92 bits per heavy atom. The van der Waals surface area contributed by atoms with Crippen LogP contribution in [0, 0.1) is 6.92 Å². The van der Waals surface area contributed by atoms with Crippen LogP contribution in [0.15, 0.2) is 12.2 Å². The van der Waals surface area contributed by atoms with Crippen LogP contribution >= 0.6 is 0 Å². The van der Waals surface area contributed by atoms with E-state index in [0.717, 1.165) is 18.9 Å². The lowest BCUT2D eigenvalue weighted by molar-refractivity contribution is 0.403. The second-order valence-corrected chi connectivity index (χ2v) is 3.50. The first-order valence-electron chi connectivity index (χ1n) is 5.11. The zero-order chi connectivity index (χ0) is 8.65. The Morgan fingerprint density at radius 1 is 1.33 bits per heavy atom. The summed E-state index contributed by atoms with van der Waals surface area (Å²) in [6, 6.07) is 0.750. The average molecular weight is 166 g/mol. The van der Waals surface area contributed by atoms with Crippen molar-refractivity contribution in [2.75, 3.05) is 6.54 Å². The Hall–Kier alpha value is -0.300. The van der Waals surface area contributed by atoms with Crippen molar-refractivity contribution in [3.05, 3.63) is 19.1 Å². The van der Waals surface area contributed by atoms with Crippen molar-refractivity contribution in [3.63, 3.8) is 0 Å². The highest BCUT2D eigenvalue weighted by molar-refractivity contribution is 4.87. The molecule has 0 amide bonds. The van der Waals surface area contributed by atoms with Crippen LogP contribution in [-0.4, -0.2) is 12.6 Å². The molecule has 1 heteroatoms. The SMILES string of the molecule is [CH2]CCC=CCC1CCCCN1. The molecule has 0 spiro atoms. The molecule has 0 aromatic carbocycles. The minimum absolute atomic E-state index is 0.750. The standard InChI is InChI=1S/C11H20N/c1-2-3-4-5-8-11-9-6-7-10-12-11/h4-5,11-12H,1-3,6-10H2. The molecule has 1 fully saturated rings. The van der Waals surface area contributed by atoms with Gasteiger partial charge < -0.3 is 5.32 Å². The predicted octanol–water partition coefficient (Wildman–Crippen LogP) is 2.69. The maximum Gasteiger partial charge on any atom is 0.0102 e. The maximum absolute atomic E-state index is 3.80. The van der Waals surface area contributed by atoms with Crippen molar-refractivity contribution in [2.45, 2.75) is 44.6 Å². The molecule has 0 aliphatic carbocycles. The lowest BCUT2D eigenvalue weighted by Gasteiger charge is -2.21. The lowest BCUT2D eigenvalue weighted by atomic mass is 10.0. The van der Waals surface area contributed by atoms with E-state index in [0.29, 0.717) is 0 Å². The number of unbranched alkanes of at least 4 members (excludes halogenated alkanes) is 1. The van der Waals surface area contributed by atoms with Crippen LogP contribution in [-0.2, 0) is 0 Å². The molecule has 1 aliphatic rings. The molecular formula is C11H20N. The van der Waals surface area contributed by atoms with E-state index in [9.17, 15) is 0 Å².